The van der Waals surface area contributed by atoms with Crippen LogP contribution in [-0.2, 0) is 41.7 Å². The Morgan fingerprint density at radius 2 is 1.89 bits per heavy atom. The summed E-state index contributed by atoms with van der Waals surface area (Å²) in [5.74, 6) is -2.51. The first-order valence-corrected chi connectivity index (χ1v) is 16.3. The van der Waals surface area contributed by atoms with Crippen LogP contribution >= 0.6 is 11.3 Å². The van der Waals surface area contributed by atoms with Gasteiger partial charge in [-0.05, 0) is 67.5 Å². The predicted octanol–water partition coefficient (Wildman–Crippen LogP) is 3.32. The maximum Gasteiger partial charge on any atom is 0.325 e. The van der Waals surface area contributed by atoms with Gasteiger partial charge in [-0.1, -0.05) is 39.0 Å². The summed E-state index contributed by atoms with van der Waals surface area (Å²) in [7, 11) is 1.57. The number of thiophene rings is 1. The minimum absolute atomic E-state index is 0.0333. The topological polar surface area (TPSA) is 146 Å². The summed E-state index contributed by atoms with van der Waals surface area (Å²) in [4.78, 5) is 55.9. The Morgan fingerprint density at radius 3 is 2.62 bits per heavy atom. The molecule has 45 heavy (non-hydrogen) atoms. The molecule has 3 amide bonds. The number of ether oxygens (including phenoxy) is 2. The third-order valence-corrected chi connectivity index (χ3v) is 9.19. The summed E-state index contributed by atoms with van der Waals surface area (Å²) in [6.07, 6.45) is 6.06. The highest BCUT2D eigenvalue weighted by Crippen LogP contribution is 2.22. The molecule has 1 aromatic heterocycles. The molecule has 0 radical (unpaired) electrons. The summed E-state index contributed by atoms with van der Waals surface area (Å²) in [6.45, 7) is 5.87. The molecule has 5 atom stereocenters. The van der Waals surface area contributed by atoms with E-state index in [1.54, 1.807) is 26.2 Å². The van der Waals surface area contributed by atoms with E-state index in [0.717, 1.165) is 9.75 Å². The molecule has 1 aromatic carbocycles. The molecular weight excluding hydrogens is 596 g/mol. The van der Waals surface area contributed by atoms with Crippen LogP contribution in [0, 0.1) is 11.8 Å². The molecule has 2 aliphatic heterocycles. The zero-order valence-corrected chi connectivity index (χ0v) is 27.1. The molecule has 2 aromatic rings. The van der Waals surface area contributed by atoms with Crippen molar-refractivity contribution in [1.29, 1.82) is 0 Å². The summed E-state index contributed by atoms with van der Waals surface area (Å²) in [5.41, 5.74) is 3.64. The van der Waals surface area contributed by atoms with Gasteiger partial charge in [0.15, 0.2) is 0 Å². The quantitative estimate of drug-likeness (QED) is 0.373. The lowest BCUT2D eigenvalue weighted by atomic mass is 9.96. The van der Waals surface area contributed by atoms with E-state index in [4.69, 9.17) is 9.47 Å². The number of hydrogen-bond acceptors (Lipinski definition) is 9. The number of nitrogens with zero attached hydrogens (tertiary/aromatic N) is 1. The normalized spacial score (nSPS) is 26.0. The van der Waals surface area contributed by atoms with Gasteiger partial charge < -0.3 is 25.2 Å². The standard InChI is InChI=1S/C33H44N4O7S/c1-20(2)29-31(40)34-27(18-22-9-7-10-23(38)17-22)32(41)37-16-8-12-26(36-37)33(42)44-19-25-15-14-24(45-25)11-5-6-13-28(43-4)21(3)30(39)35-29/h5,7,9-11,14-15,17,20-21,26-29,36,38H,6,8,12-13,16,18-19H2,1-4H3,(H,34,40)(H,35,39)/t21-,26+,27+,28-,29+/m1/s1. The Bertz CT molecular complexity index is 1380. The summed E-state index contributed by atoms with van der Waals surface area (Å²) < 4.78 is 11.3. The van der Waals surface area contributed by atoms with Crippen LogP contribution in [0.5, 0.6) is 5.75 Å². The molecule has 1 fully saturated rings. The number of amides is 3. The van der Waals surface area contributed by atoms with Crippen molar-refractivity contribution in [2.75, 3.05) is 13.7 Å². The van der Waals surface area contributed by atoms with Crippen molar-refractivity contribution in [3.63, 3.8) is 0 Å². The molecule has 12 heteroatoms. The lowest BCUT2D eigenvalue weighted by molar-refractivity contribution is -0.154. The number of cyclic esters (lactones) is 1. The molecule has 0 unspecified atom stereocenters. The largest absolute Gasteiger partial charge is 0.508 e. The monoisotopic (exact) mass is 640 g/mol. The van der Waals surface area contributed by atoms with E-state index in [-0.39, 0.29) is 36.7 Å². The predicted molar refractivity (Wildman–Crippen MR) is 171 cm³/mol. The number of allylic oxidation sites excluding steroid dienone is 1. The zero-order valence-electron chi connectivity index (χ0n) is 26.3. The van der Waals surface area contributed by atoms with E-state index in [1.807, 2.05) is 38.1 Å². The second kappa shape index (κ2) is 16.0. The highest BCUT2D eigenvalue weighted by molar-refractivity contribution is 7.12. The average Bonchev–Trinajstić information content (AvgIpc) is 3.48. The minimum Gasteiger partial charge on any atom is -0.508 e. The van der Waals surface area contributed by atoms with Crippen LogP contribution in [0.15, 0.2) is 42.5 Å². The van der Waals surface area contributed by atoms with E-state index in [9.17, 15) is 24.3 Å². The maximum absolute atomic E-state index is 13.9. The smallest absolute Gasteiger partial charge is 0.325 e. The molecule has 4 bridgehead atoms. The fourth-order valence-electron chi connectivity index (χ4n) is 5.51. The van der Waals surface area contributed by atoms with E-state index < -0.39 is 41.8 Å². The second-order valence-corrected chi connectivity index (χ2v) is 13.1. The van der Waals surface area contributed by atoms with Gasteiger partial charge in [0.25, 0.3) is 5.91 Å². The summed E-state index contributed by atoms with van der Waals surface area (Å²) in [5, 5.41) is 17.1. The van der Waals surface area contributed by atoms with Crippen LogP contribution in [0.3, 0.4) is 0 Å². The molecule has 2 aliphatic rings. The first-order valence-electron chi connectivity index (χ1n) is 15.5. The Kier molecular flexibility index (Phi) is 12.1. The van der Waals surface area contributed by atoms with Gasteiger partial charge in [0.1, 0.15) is 30.5 Å². The number of aromatic hydroxyl groups is 1. The Labute approximate surface area is 268 Å². The molecule has 3 heterocycles. The van der Waals surface area contributed by atoms with Crippen LogP contribution in [0.4, 0.5) is 0 Å². The van der Waals surface area contributed by atoms with Crippen molar-refractivity contribution >= 4 is 41.1 Å². The van der Waals surface area contributed by atoms with E-state index in [2.05, 4.69) is 16.1 Å². The van der Waals surface area contributed by atoms with Gasteiger partial charge in [-0.2, -0.15) is 0 Å². The number of methoxy groups -OCH3 is 1. The van der Waals surface area contributed by atoms with Crippen LogP contribution in [0.25, 0.3) is 6.08 Å². The van der Waals surface area contributed by atoms with Crippen molar-refractivity contribution in [3.8, 4) is 5.75 Å². The van der Waals surface area contributed by atoms with Crippen molar-refractivity contribution in [1.82, 2.24) is 21.1 Å². The number of phenolic OH excluding ortho intramolecular Hbond substituents is 1. The third-order valence-electron chi connectivity index (χ3n) is 8.16. The van der Waals surface area contributed by atoms with Gasteiger partial charge in [-0.15, -0.1) is 11.3 Å². The lowest BCUT2D eigenvalue weighted by Crippen LogP contribution is -2.62. The zero-order chi connectivity index (χ0) is 32.5. The van der Waals surface area contributed by atoms with Gasteiger partial charge in [0, 0.05) is 29.8 Å². The van der Waals surface area contributed by atoms with Crippen molar-refractivity contribution in [2.24, 2.45) is 11.8 Å². The molecule has 0 saturated carbocycles. The third kappa shape index (κ3) is 9.38. The number of benzene rings is 1. The molecule has 4 rings (SSSR count). The molecule has 0 spiro atoms. The SMILES string of the molecule is CO[C@@H]1CCC=Cc2ccc(s2)COC(=O)[C@@H]2CCCN(N2)C(=O)[C@H](Cc2cccc(O)c2)NC(=O)[C@H](C(C)C)NC(=O)[C@@H]1C. The van der Waals surface area contributed by atoms with E-state index in [0.29, 0.717) is 37.8 Å². The second-order valence-electron chi connectivity index (χ2n) is 11.9. The summed E-state index contributed by atoms with van der Waals surface area (Å²) >= 11 is 1.52. The molecule has 0 aliphatic carbocycles. The number of esters is 1. The Morgan fingerprint density at radius 1 is 1.09 bits per heavy atom. The number of carbonyl (C=O) groups excluding carboxylic acids is 4. The number of phenols is 1. The molecule has 11 nitrogen and oxygen atoms in total. The van der Waals surface area contributed by atoms with Gasteiger partial charge in [0.05, 0.1) is 12.0 Å². The number of nitrogens with one attached hydrogen (secondary N) is 3. The lowest BCUT2D eigenvalue weighted by Gasteiger charge is -2.35. The summed E-state index contributed by atoms with van der Waals surface area (Å²) in [6, 6.07) is 7.67. The van der Waals surface area contributed by atoms with Crippen molar-refractivity contribution in [3.05, 3.63) is 57.8 Å². The Hall–Kier alpha value is -3.74. The fraction of sp³-hybridized carbons (Fsp3) is 0.515. The molecular formula is C33H44N4O7S. The number of fused-ring (bicyclic) bond motifs is 4. The van der Waals surface area contributed by atoms with Gasteiger partial charge >= 0.3 is 5.97 Å². The first-order chi connectivity index (χ1) is 21.5. The number of hydrogen-bond donors (Lipinski definition) is 4. The number of carbonyl (C=O) groups is 4. The van der Waals surface area contributed by atoms with Crippen molar-refractivity contribution in [2.45, 2.75) is 83.7 Å². The average molecular weight is 641 g/mol. The molecule has 244 valence electrons. The highest BCUT2D eigenvalue weighted by Gasteiger charge is 2.36. The molecule has 4 N–H and O–H groups in total. The first kappa shape index (κ1) is 34.1. The van der Waals surface area contributed by atoms with Gasteiger partial charge in [0.2, 0.25) is 11.8 Å². The highest BCUT2D eigenvalue weighted by atomic mass is 32.1. The Balaban J connectivity index is 1.63. The van der Waals surface area contributed by atoms with Crippen LogP contribution in [0.1, 0.15) is 61.8 Å². The van der Waals surface area contributed by atoms with Crippen molar-refractivity contribution < 1.29 is 33.8 Å². The van der Waals surface area contributed by atoms with E-state index in [1.165, 1.54) is 28.5 Å². The van der Waals surface area contributed by atoms with Crippen LogP contribution in [0.2, 0.25) is 0 Å². The van der Waals surface area contributed by atoms with Crippen LogP contribution in [-0.4, -0.2) is 71.7 Å². The van der Waals surface area contributed by atoms with Crippen LogP contribution < -0.4 is 16.1 Å². The maximum atomic E-state index is 13.9. The van der Waals surface area contributed by atoms with Gasteiger partial charge in [-0.3, -0.25) is 24.2 Å². The number of rotatable bonds is 4. The number of hydrazine groups is 1. The fourth-order valence-corrected chi connectivity index (χ4v) is 6.37. The minimum atomic E-state index is -1.04. The van der Waals surface area contributed by atoms with Gasteiger partial charge in [-0.25, -0.2) is 5.43 Å². The molecule has 1 saturated heterocycles. The van der Waals surface area contributed by atoms with E-state index >= 15 is 0 Å².